The maximum absolute atomic E-state index is 12.8. The monoisotopic (exact) mass is 305 g/mol. The van der Waals surface area contributed by atoms with Crippen molar-refractivity contribution in [1.82, 2.24) is 14.9 Å². The highest BCUT2D eigenvalue weighted by Crippen LogP contribution is 2.30. The van der Waals surface area contributed by atoms with Crippen LogP contribution in [0.1, 0.15) is 12.6 Å². The predicted molar refractivity (Wildman–Crippen MR) is 73.2 cm³/mol. The zero-order chi connectivity index (χ0) is 16.2. The standard InChI is InChI=1S/C12H18F3N5O/c1-5-20(7-10(21)19(3)4)9-6-8(12(13,14)15)17-11(16-2)18-9/h6H,5,7H2,1-4H3,(H,16,17,18). The number of hydrogen-bond acceptors (Lipinski definition) is 5. The smallest absolute Gasteiger partial charge is 0.357 e. The number of carbonyl (C=O) groups excluding carboxylic acids is 1. The van der Waals surface area contributed by atoms with Crippen LogP contribution in [0.4, 0.5) is 24.9 Å². The number of halogens is 3. The molecule has 1 heterocycles. The molecular formula is C12H18F3N5O. The van der Waals surface area contributed by atoms with Crippen LogP contribution < -0.4 is 10.2 Å². The highest BCUT2D eigenvalue weighted by Gasteiger charge is 2.34. The van der Waals surface area contributed by atoms with E-state index in [1.165, 1.54) is 16.8 Å². The van der Waals surface area contributed by atoms with Crippen molar-refractivity contribution in [2.24, 2.45) is 0 Å². The molecule has 1 rings (SSSR count). The first-order valence-corrected chi connectivity index (χ1v) is 6.28. The molecule has 1 amide bonds. The van der Waals surface area contributed by atoms with Gasteiger partial charge in [-0.2, -0.15) is 18.2 Å². The number of likely N-dealkylation sites (N-methyl/N-ethyl adjacent to an activating group) is 2. The van der Waals surface area contributed by atoms with Gasteiger partial charge in [0.15, 0.2) is 5.69 Å². The number of nitrogens with one attached hydrogen (secondary N) is 1. The molecular weight excluding hydrogens is 287 g/mol. The van der Waals surface area contributed by atoms with E-state index in [0.717, 1.165) is 6.07 Å². The summed E-state index contributed by atoms with van der Waals surface area (Å²) in [5, 5.41) is 2.49. The Kier molecular flexibility index (Phi) is 5.34. The Morgan fingerprint density at radius 1 is 1.33 bits per heavy atom. The lowest BCUT2D eigenvalue weighted by molar-refractivity contribution is -0.141. The Hall–Kier alpha value is -2.06. The largest absolute Gasteiger partial charge is 0.433 e. The molecule has 1 N–H and O–H groups in total. The summed E-state index contributed by atoms with van der Waals surface area (Å²) in [6.07, 6.45) is -4.58. The van der Waals surface area contributed by atoms with Crippen LogP contribution in [0, 0.1) is 0 Å². The van der Waals surface area contributed by atoms with E-state index < -0.39 is 11.9 Å². The number of rotatable bonds is 5. The Morgan fingerprint density at radius 2 is 1.95 bits per heavy atom. The molecule has 0 saturated heterocycles. The average molecular weight is 305 g/mol. The molecule has 0 bridgehead atoms. The molecule has 0 spiro atoms. The van der Waals surface area contributed by atoms with Crippen LogP contribution in [0.5, 0.6) is 0 Å². The van der Waals surface area contributed by atoms with E-state index in [0.29, 0.717) is 6.54 Å². The summed E-state index contributed by atoms with van der Waals surface area (Å²) < 4.78 is 38.5. The number of nitrogens with zero attached hydrogens (tertiary/aromatic N) is 4. The van der Waals surface area contributed by atoms with Crippen LogP contribution >= 0.6 is 0 Å². The third-order valence-electron chi connectivity index (χ3n) is 2.76. The molecule has 0 unspecified atom stereocenters. The second-order valence-electron chi connectivity index (χ2n) is 4.49. The van der Waals surface area contributed by atoms with Crippen molar-refractivity contribution >= 4 is 17.7 Å². The van der Waals surface area contributed by atoms with Crippen LogP contribution in [-0.4, -0.2) is 55.0 Å². The minimum atomic E-state index is -4.58. The lowest BCUT2D eigenvalue weighted by Gasteiger charge is -2.24. The predicted octanol–water partition coefficient (Wildman–Crippen LogP) is 1.45. The number of anilines is 2. The molecule has 21 heavy (non-hydrogen) atoms. The maximum Gasteiger partial charge on any atom is 0.433 e. The van der Waals surface area contributed by atoms with Crippen molar-refractivity contribution in [1.29, 1.82) is 0 Å². The van der Waals surface area contributed by atoms with E-state index in [2.05, 4.69) is 15.3 Å². The third-order valence-corrected chi connectivity index (χ3v) is 2.76. The van der Waals surface area contributed by atoms with Gasteiger partial charge in [0.05, 0.1) is 6.54 Å². The van der Waals surface area contributed by atoms with Crippen molar-refractivity contribution in [3.63, 3.8) is 0 Å². The number of hydrogen-bond donors (Lipinski definition) is 1. The summed E-state index contributed by atoms with van der Waals surface area (Å²) in [4.78, 5) is 21.9. The third kappa shape index (κ3) is 4.47. The van der Waals surface area contributed by atoms with Gasteiger partial charge in [-0.15, -0.1) is 0 Å². The molecule has 1 aromatic heterocycles. The van der Waals surface area contributed by atoms with E-state index in [-0.39, 0.29) is 24.2 Å². The Morgan fingerprint density at radius 3 is 2.38 bits per heavy atom. The highest BCUT2D eigenvalue weighted by atomic mass is 19.4. The summed E-state index contributed by atoms with van der Waals surface area (Å²) in [7, 11) is 4.59. The molecule has 0 fully saturated rings. The van der Waals surface area contributed by atoms with Crippen LogP contribution in [0.15, 0.2) is 6.07 Å². The second-order valence-corrected chi connectivity index (χ2v) is 4.49. The van der Waals surface area contributed by atoms with Crippen molar-refractivity contribution in [3.8, 4) is 0 Å². The number of carbonyl (C=O) groups is 1. The normalized spacial score (nSPS) is 11.2. The zero-order valence-corrected chi connectivity index (χ0v) is 12.3. The first-order valence-electron chi connectivity index (χ1n) is 6.28. The van der Waals surface area contributed by atoms with Crippen LogP contribution in [0.3, 0.4) is 0 Å². The minimum Gasteiger partial charge on any atom is -0.357 e. The fourth-order valence-electron chi connectivity index (χ4n) is 1.51. The molecule has 9 heteroatoms. The Balaban J connectivity index is 3.17. The minimum absolute atomic E-state index is 0.0546. The summed E-state index contributed by atoms with van der Waals surface area (Å²) >= 11 is 0. The van der Waals surface area contributed by atoms with Gasteiger partial charge in [0.2, 0.25) is 11.9 Å². The summed E-state index contributed by atoms with van der Waals surface area (Å²) in [6.45, 7) is 2.02. The molecule has 0 aliphatic carbocycles. The van der Waals surface area contributed by atoms with Gasteiger partial charge in [-0.25, -0.2) is 4.98 Å². The molecule has 118 valence electrons. The molecule has 0 aliphatic heterocycles. The lowest BCUT2D eigenvalue weighted by Crippen LogP contribution is -2.37. The molecule has 0 aliphatic rings. The van der Waals surface area contributed by atoms with Crippen LogP contribution in [-0.2, 0) is 11.0 Å². The quantitative estimate of drug-likeness (QED) is 0.892. The summed E-state index contributed by atoms with van der Waals surface area (Å²) in [5.74, 6) is -0.315. The van der Waals surface area contributed by atoms with Crippen LogP contribution in [0.2, 0.25) is 0 Å². The van der Waals surface area contributed by atoms with Gasteiger partial charge in [-0.1, -0.05) is 0 Å². The molecule has 6 nitrogen and oxygen atoms in total. The van der Waals surface area contributed by atoms with Gasteiger partial charge in [-0.05, 0) is 6.92 Å². The van der Waals surface area contributed by atoms with E-state index in [1.54, 1.807) is 21.0 Å². The fraction of sp³-hybridized carbons (Fsp3) is 0.583. The maximum atomic E-state index is 12.8. The fourth-order valence-corrected chi connectivity index (χ4v) is 1.51. The van der Waals surface area contributed by atoms with Crippen molar-refractivity contribution in [2.45, 2.75) is 13.1 Å². The van der Waals surface area contributed by atoms with Gasteiger partial charge in [0, 0.05) is 33.8 Å². The molecule has 0 saturated carbocycles. The average Bonchev–Trinajstić information content (AvgIpc) is 2.42. The first kappa shape index (κ1) is 17.0. The van der Waals surface area contributed by atoms with E-state index in [1.807, 2.05) is 0 Å². The van der Waals surface area contributed by atoms with Gasteiger partial charge in [0.25, 0.3) is 0 Å². The Bertz CT molecular complexity index is 504. The second kappa shape index (κ2) is 6.59. The van der Waals surface area contributed by atoms with Crippen molar-refractivity contribution in [2.75, 3.05) is 44.4 Å². The van der Waals surface area contributed by atoms with Gasteiger partial charge < -0.3 is 15.1 Å². The molecule has 1 aromatic rings. The van der Waals surface area contributed by atoms with E-state index in [9.17, 15) is 18.0 Å². The van der Waals surface area contributed by atoms with Gasteiger partial charge in [0.1, 0.15) is 5.82 Å². The SMILES string of the molecule is CCN(CC(=O)N(C)C)c1cc(C(F)(F)F)nc(NC)n1. The number of alkyl halides is 3. The molecule has 0 atom stereocenters. The highest BCUT2D eigenvalue weighted by molar-refractivity contribution is 5.80. The van der Waals surface area contributed by atoms with Crippen LogP contribution in [0.25, 0.3) is 0 Å². The zero-order valence-electron chi connectivity index (χ0n) is 12.3. The van der Waals surface area contributed by atoms with Gasteiger partial charge >= 0.3 is 6.18 Å². The molecule has 0 radical (unpaired) electrons. The van der Waals surface area contributed by atoms with Gasteiger partial charge in [-0.3, -0.25) is 4.79 Å². The van der Waals surface area contributed by atoms with Crippen molar-refractivity contribution in [3.05, 3.63) is 11.8 Å². The van der Waals surface area contributed by atoms with Crippen molar-refractivity contribution < 1.29 is 18.0 Å². The summed E-state index contributed by atoms with van der Waals surface area (Å²) in [6, 6.07) is 0.841. The molecule has 0 aromatic carbocycles. The van der Waals surface area contributed by atoms with E-state index >= 15 is 0 Å². The Labute approximate surface area is 121 Å². The number of amides is 1. The topological polar surface area (TPSA) is 61.4 Å². The summed E-state index contributed by atoms with van der Waals surface area (Å²) in [5.41, 5.74) is -1.05. The van der Waals surface area contributed by atoms with E-state index in [4.69, 9.17) is 0 Å². The lowest BCUT2D eigenvalue weighted by atomic mass is 10.3. The first-order chi connectivity index (χ1) is 9.68. The number of aromatic nitrogens is 2.